The van der Waals surface area contributed by atoms with E-state index in [1.807, 2.05) is 12.1 Å². The summed E-state index contributed by atoms with van der Waals surface area (Å²) >= 11 is 1.24. The average Bonchev–Trinajstić information content (AvgIpc) is 3.31. The molecule has 0 saturated heterocycles. The number of amides is 2. The van der Waals surface area contributed by atoms with Crippen LogP contribution in [0.15, 0.2) is 65.8 Å². The number of carbonyl (C=O) groups excluding carboxylic acids is 2. The van der Waals surface area contributed by atoms with Gasteiger partial charge in [-0.2, -0.15) is 0 Å². The molecule has 1 aliphatic heterocycles. The van der Waals surface area contributed by atoms with Crippen molar-refractivity contribution in [2.45, 2.75) is 30.3 Å². The van der Waals surface area contributed by atoms with E-state index >= 15 is 0 Å². The van der Waals surface area contributed by atoms with E-state index in [0.29, 0.717) is 27.8 Å². The molecule has 2 N–H and O–H groups in total. The summed E-state index contributed by atoms with van der Waals surface area (Å²) in [4.78, 5) is 29.9. The number of carbonyl (C=O) groups is 2. The molecular weight excluding hydrogens is 438 g/mol. The summed E-state index contributed by atoms with van der Waals surface area (Å²) in [6, 6.07) is 17.0. The van der Waals surface area contributed by atoms with Crippen LogP contribution in [0.5, 0.6) is 11.5 Å². The Morgan fingerprint density at radius 3 is 2.88 bits per heavy atom. The fourth-order valence-electron chi connectivity index (χ4n) is 4.12. The minimum Gasteiger partial charge on any atom is -0.454 e. The van der Waals surface area contributed by atoms with Gasteiger partial charge >= 0.3 is 0 Å². The van der Waals surface area contributed by atoms with Crippen molar-refractivity contribution in [3.05, 3.63) is 77.5 Å². The number of benzene rings is 2. The molecule has 2 aromatic carbocycles. The number of pyridine rings is 1. The topological polar surface area (TPSA) is 89.6 Å². The number of aromatic nitrogens is 1. The summed E-state index contributed by atoms with van der Waals surface area (Å²) in [5.74, 6) is 1.01. The van der Waals surface area contributed by atoms with Gasteiger partial charge in [-0.15, -0.1) is 0 Å². The molecule has 5 rings (SSSR count). The van der Waals surface area contributed by atoms with Crippen LogP contribution < -0.4 is 20.1 Å². The summed E-state index contributed by atoms with van der Waals surface area (Å²) in [7, 11) is 0. The van der Waals surface area contributed by atoms with E-state index < -0.39 is 0 Å². The van der Waals surface area contributed by atoms with Gasteiger partial charge in [0.25, 0.3) is 5.91 Å². The Morgan fingerprint density at radius 1 is 1.06 bits per heavy atom. The highest BCUT2D eigenvalue weighted by Gasteiger charge is 2.23. The van der Waals surface area contributed by atoms with Gasteiger partial charge in [-0.1, -0.05) is 36.0 Å². The third kappa shape index (κ3) is 4.80. The van der Waals surface area contributed by atoms with Crippen molar-refractivity contribution in [2.24, 2.45) is 0 Å². The lowest BCUT2D eigenvalue weighted by atomic mass is 9.87. The number of hydrogen-bond acceptors (Lipinski definition) is 6. The van der Waals surface area contributed by atoms with Crippen molar-refractivity contribution in [1.82, 2.24) is 10.3 Å². The van der Waals surface area contributed by atoms with E-state index in [1.165, 1.54) is 22.9 Å². The number of fused-ring (bicyclic) bond motifs is 2. The first kappa shape index (κ1) is 21.3. The molecule has 7 nitrogen and oxygen atoms in total. The fraction of sp³-hybridized carbons (Fsp3) is 0.240. The SMILES string of the molecule is O=C(CSc1ncccc1C(=O)NC1CCCc2ccccc21)Nc1ccc2c(c1)OCO2. The molecule has 2 heterocycles. The highest BCUT2D eigenvalue weighted by molar-refractivity contribution is 8.00. The number of nitrogens with zero attached hydrogens (tertiary/aromatic N) is 1. The zero-order chi connectivity index (χ0) is 22.6. The van der Waals surface area contributed by atoms with Gasteiger partial charge in [-0.25, -0.2) is 4.98 Å². The van der Waals surface area contributed by atoms with Crippen LogP contribution in [-0.4, -0.2) is 29.3 Å². The highest BCUT2D eigenvalue weighted by Crippen LogP contribution is 2.34. The number of hydrogen-bond donors (Lipinski definition) is 2. The standard InChI is InChI=1S/C25H23N3O4S/c29-23(27-17-10-11-21-22(13-17)32-15-31-21)14-33-25-19(8-4-12-26-25)24(30)28-20-9-3-6-16-5-1-2-7-18(16)20/h1-2,4-5,7-8,10-13,20H,3,6,9,14-15H2,(H,27,29)(H,28,30). The third-order valence-corrected chi connectivity index (χ3v) is 6.69. The number of ether oxygens (including phenoxy) is 2. The minimum absolute atomic E-state index is 0.0187. The van der Waals surface area contributed by atoms with Crippen LogP contribution in [0.3, 0.4) is 0 Å². The first-order valence-electron chi connectivity index (χ1n) is 10.8. The Morgan fingerprint density at radius 2 is 1.94 bits per heavy atom. The number of anilines is 1. The molecule has 0 spiro atoms. The lowest BCUT2D eigenvalue weighted by molar-refractivity contribution is -0.113. The molecule has 1 atom stereocenters. The molecule has 0 radical (unpaired) electrons. The third-order valence-electron chi connectivity index (χ3n) is 5.69. The number of aryl methyl sites for hydroxylation is 1. The van der Waals surface area contributed by atoms with E-state index in [1.54, 1.807) is 36.5 Å². The van der Waals surface area contributed by atoms with E-state index in [-0.39, 0.29) is 30.4 Å². The van der Waals surface area contributed by atoms with Crippen molar-refractivity contribution in [3.63, 3.8) is 0 Å². The lowest BCUT2D eigenvalue weighted by Crippen LogP contribution is -2.31. The zero-order valence-corrected chi connectivity index (χ0v) is 18.7. The van der Waals surface area contributed by atoms with Crippen LogP contribution in [0, 0.1) is 0 Å². The Hall–Kier alpha value is -3.52. The monoisotopic (exact) mass is 461 g/mol. The Kier molecular flexibility index (Phi) is 6.17. The summed E-state index contributed by atoms with van der Waals surface area (Å²) < 4.78 is 10.6. The summed E-state index contributed by atoms with van der Waals surface area (Å²) in [5.41, 5.74) is 3.56. The Balaban J connectivity index is 1.23. The predicted octanol–water partition coefficient (Wildman–Crippen LogP) is 4.35. The smallest absolute Gasteiger partial charge is 0.254 e. The normalized spacial score (nSPS) is 16.1. The second-order valence-electron chi connectivity index (χ2n) is 7.88. The van der Waals surface area contributed by atoms with Crippen molar-refractivity contribution in [2.75, 3.05) is 17.9 Å². The van der Waals surface area contributed by atoms with E-state index in [2.05, 4.69) is 27.8 Å². The van der Waals surface area contributed by atoms with Gasteiger partial charge in [0.05, 0.1) is 17.4 Å². The summed E-state index contributed by atoms with van der Waals surface area (Å²) in [6.45, 7) is 0.180. The quantitative estimate of drug-likeness (QED) is 0.531. The second-order valence-corrected chi connectivity index (χ2v) is 8.84. The predicted molar refractivity (Wildman–Crippen MR) is 126 cm³/mol. The van der Waals surface area contributed by atoms with Gasteiger partial charge in [0, 0.05) is 18.0 Å². The van der Waals surface area contributed by atoms with Crippen LogP contribution in [0.1, 0.15) is 40.4 Å². The molecule has 2 aliphatic rings. The molecule has 0 fully saturated rings. The zero-order valence-electron chi connectivity index (χ0n) is 17.9. The Bertz CT molecular complexity index is 1200. The van der Waals surface area contributed by atoms with Gasteiger partial charge < -0.3 is 20.1 Å². The lowest BCUT2D eigenvalue weighted by Gasteiger charge is -2.26. The van der Waals surface area contributed by atoms with Crippen molar-refractivity contribution >= 4 is 29.3 Å². The highest BCUT2D eigenvalue weighted by atomic mass is 32.2. The van der Waals surface area contributed by atoms with Crippen molar-refractivity contribution in [3.8, 4) is 11.5 Å². The maximum absolute atomic E-state index is 13.1. The van der Waals surface area contributed by atoms with Crippen LogP contribution in [0.4, 0.5) is 5.69 Å². The van der Waals surface area contributed by atoms with Gasteiger partial charge in [0.2, 0.25) is 12.7 Å². The maximum atomic E-state index is 13.1. The molecule has 1 unspecified atom stereocenters. The summed E-state index contributed by atoms with van der Waals surface area (Å²) in [5, 5.41) is 6.54. The molecule has 2 amide bonds. The number of rotatable bonds is 6. The van der Waals surface area contributed by atoms with E-state index in [0.717, 1.165) is 19.3 Å². The molecule has 168 valence electrons. The minimum atomic E-state index is -0.197. The van der Waals surface area contributed by atoms with Gasteiger partial charge in [0.1, 0.15) is 5.03 Å². The van der Waals surface area contributed by atoms with Crippen LogP contribution in [-0.2, 0) is 11.2 Å². The van der Waals surface area contributed by atoms with E-state index in [4.69, 9.17) is 9.47 Å². The molecule has 0 saturated carbocycles. The molecule has 3 aromatic rings. The first-order valence-corrected chi connectivity index (χ1v) is 11.8. The molecule has 33 heavy (non-hydrogen) atoms. The molecule has 1 aliphatic carbocycles. The fourth-order valence-corrected chi connectivity index (χ4v) is 4.92. The largest absolute Gasteiger partial charge is 0.454 e. The van der Waals surface area contributed by atoms with Gasteiger partial charge in [-0.05, 0) is 54.7 Å². The summed E-state index contributed by atoms with van der Waals surface area (Å²) in [6.07, 6.45) is 4.61. The van der Waals surface area contributed by atoms with Gasteiger partial charge in [-0.3, -0.25) is 9.59 Å². The average molecular weight is 462 g/mol. The second kappa shape index (κ2) is 9.54. The van der Waals surface area contributed by atoms with Crippen LogP contribution >= 0.6 is 11.8 Å². The van der Waals surface area contributed by atoms with Crippen molar-refractivity contribution in [1.29, 1.82) is 0 Å². The van der Waals surface area contributed by atoms with Crippen LogP contribution in [0.2, 0.25) is 0 Å². The van der Waals surface area contributed by atoms with E-state index in [9.17, 15) is 9.59 Å². The van der Waals surface area contributed by atoms with Gasteiger partial charge in [0.15, 0.2) is 11.5 Å². The van der Waals surface area contributed by atoms with Crippen LogP contribution in [0.25, 0.3) is 0 Å². The molecular formula is C25H23N3O4S. The molecule has 1 aromatic heterocycles. The molecule has 0 bridgehead atoms. The number of thioether (sulfide) groups is 1. The first-order chi connectivity index (χ1) is 16.2. The number of nitrogens with one attached hydrogen (secondary N) is 2. The molecule has 8 heteroatoms. The van der Waals surface area contributed by atoms with Crippen molar-refractivity contribution < 1.29 is 19.1 Å². The maximum Gasteiger partial charge on any atom is 0.254 e. The Labute approximate surface area is 195 Å².